The zero-order valence-electron chi connectivity index (χ0n) is 14.6. The molecule has 0 radical (unpaired) electrons. The lowest BCUT2D eigenvalue weighted by atomic mass is 10.1. The minimum Gasteiger partial charge on any atom is -0.469 e. The van der Waals surface area contributed by atoms with Crippen LogP contribution < -0.4 is 0 Å². The molecule has 1 saturated heterocycles. The van der Waals surface area contributed by atoms with E-state index < -0.39 is 0 Å². The van der Waals surface area contributed by atoms with Crippen LogP contribution in [0.3, 0.4) is 0 Å². The van der Waals surface area contributed by atoms with Gasteiger partial charge in [0.1, 0.15) is 6.10 Å². The molecule has 1 rings (SSSR count). The summed E-state index contributed by atoms with van der Waals surface area (Å²) < 4.78 is 10.1. The Hall–Kier alpha value is -1.13. The van der Waals surface area contributed by atoms with Crippen molar-refractivity contribution >= 4 is 5.97 Å². The Labute approximate surface area is 140 Å². The van der Waals surface area contributed by atoms with E-state index in [2.05, 4.69) is 23.8 Å². The van der Waals surface area contributed by atoms with Crippen LogP contribution in [0.1, 0.15) is 64.7 Å². The Morgan fingerprint density at radius 2 is 1.96 bits per heavy atom. The van der Waals surface area contributed by atoms with Crippen molar-refractivity contribution in [1.82, 2.24) is 0 Å². The van der Waals surface area contributed by atoms with Crippen molar-refractivity contribution in [2.45, 2.75) is 83.0 Å². The molecule has 0 saturated carbocycles. The number of methoxy groups -OCH3 is 1. The fourth-order valence-corrected chi connectivity index (χ4v) is 2.50. The van der Waals surface area contributed by atoms with Crippen molar-refractivity contribution in [3.63, 3.8) is 0 Å². The third-order valence-corrected chi connectivity index (χ3v) is 4.02. The van der Waals surface area contributed by atoms with Crippen LogP contribution in [0.15, 0.2) is 24.3 Å². The van der Waals surface area contributed by atoms with Gasteiger partial charge in [0.25, 0.3) is 0 Å². The topological polar surface area (TPSA) is 59.1 Å². The zero-order chi connectivity index (χ0) is 16.9. The van der Waals surface area contributed by atoms with Gasteiger partial charge in [-0.15, -0.1) is 0 Å². The second-order valence-electron chi connectivity index (χ2n) is 6.09. The third-order valence-electron chi connectivity index (χ3n) is 4.02. The number of ether oxygens (including phenoxy) is 2. The molecule has 4 heteroatoms. The number of unbranched alkanes of at least 4 members (excludes halogenated alkanes) is 4. The van der Waals surface area contributed by atoms with Crippen molar-refractivity contribution in [3.05, 3.63) is 24.3 Å². The number of epoxide rings is 1. The summed E-state index contributed by atoms with van der Waals surface area (Å²) in [6, 6.07) is 0. The van der Waals surface area contributed by atoms with E-state index in [0.717, 1.165) is 51.4 Å². The maximum Gasteiger partial charge on any atom is 0.305 e. The molecule has 0 spiro atoms. The number of carbonyl (C=O) groups is 1. The number of hydrogen-bond donors (Lipinski definition) is 1. The molecule has 132 valence electrons. The summed E-state index contributed by atoms with van der Waals surface area (Å²) in [4.78, 5) is 10.9. The molecule has 0 aromatic rings. The van der Waals surface area contributed by atoms with E-state index in [4.69, 9.17) is 4.74 Å². The first-order valence-corrected chi connectivity index (χ1v) is 8.91. The van der Waals surface area contributed by atoms with Crippen LogP contribution >= 0.6 is 0 Å². The largest absolute Gasteiger partial charge is 0.469 e. The van der Waals surface area contributed by atoms with Crippen LogP contribution in [-0.4, -0.2) is 36.5 Å². The first kappa shape index (κ1) is 19.9. The van der Waals surface area contributed by atoms with E-state index in [1.54, 1.807) is 0 Å². The number of aliphatic hydroxyl groups excluding tert-OH is 1. The average molecular weight is 324 g/mol. The molecular weight excluding hydrogens is 292 g/mol. The van der Waals surface area contributed by atoms with Gasteiger partial charge in [-0.25, -0.2) is 0 Å². The Morgan fingerprint density at radius 3 is 2.70 bits per heavy atom. The lowest BCUT2D eigenvalue weighted by Crippen LogP contribution is -2.02. The van der Waals surface area contributed by atoms with E-state index in [1.165, 1.54) is 7.11 Å². The summed E-state index contributed by atoms with van der Waals surface area (Å²) in [6.07, 6.45) is 16.8. The van der Waals surface area contributed by atoms with Crippen LogP contribution in [0.4, 0.5) is 0 Å². The van der Waals surface area contributed by atoms with Gasteiger partial charge in [-0.3, -0.25) is 4.79 Å². The van der Waals surface area contributed by atoms with Crippen LogP contribution in [0.2, 0.25) is 0 Å². The Morgan fingerprint density at radius 1 is 1.22 bits per heavy atom. The van der Waals surface area contributed by atoms with Gasteiger partial charge in [0.05, 0.1) is 19.3 Å². The molecule has 1 fully saturated rings. The molecule has 1 heterocycles. The Kier molecular flexibility index (Phi) is 10.7. The first-order valence-electron chi connectivity index (χ1n) is 8.91. The van der Waals surface area contributed by atoms with Crippen LogP contribution in [0.5, 0.6) is 0 Å². The second-order valence-corrected chi connectivity index (χ2v) is 6.09. The second kappa shape index (κ2) is 12.3. The molecule has 3 atom stereocenters. The van der Waals surface area contributed by atoms with Crippen molar-refractivity contribution in [2.75, 3.05) is 7.11 Å². The number of hydrogen-bond acceptors (Lipinski definition) is 4. The minimum atomic E-state index is -0.374. The first-order chi connectivity index (χ1) is 11.2. The normalized spacial score (nSPS) is 21.9. The maximum absolute atomic E-state index is 10.9. The summed E-state index contributed by atoms with van der Waals surface area (Å²) in [7, 11) is 1.42. The molecule has 1 aliphatic heterocycles. The van der Waals surface area contributed by atoms with E-state index in [1.807, 2.05) is 12.2 Å². The molecule has 0 bridgehead atoms. The van der Waals surface area contributed by atoms with Crippen molar-refractivity contribution in [2.24, 2.45) is 0 Å². The quantitative estimate of drug-likeness (QED) is 0.241. The van der Waals surface area contributed by atoms with Crippen LogP contribution in [0.25, 0.3) is 0 Å². The van der Waals surface area contributed by atoms with Crippen LogP contribution in [-0.2, 0) is 14.3 Å². The average Bonchev–Trinajstić information content (AvgIpc) is 3.30. The number of allylic oxidation sites excluding steroid dienone is 1. The predicted octanol–water partition coefficient (Wildman–Crippen LogP) is 3.93. The summed E-state index contributed by atoms with van der Waals surface area (Å²) >= 11 is 0. The van der Waals surface area contributed by atoms with E-state index >= 15 is 0 Å². The summed E-state index contributed by atoms with van der Waals surface area (Å²) in [5, 5.41) is 9.92. The molecule has 23 heavy (non-hydrogen) atoms. The number of carbonyl (C=O) groups excluding carboxylic acids is 1. The predicted molar refractivity (Wildman–Crippen MR) is 92.2 cm³/mol. The number of aliphatic hydroxyl groups is 1. The smallest absolute Gasteiger partial charge is 0.305 e. The number of rotatable bonds is 13. The van der Waals surface area contributed by atoms with Gasteiger partial charge in [0.2, 0.25) is 0 Å². The van der Waals surface area contributed by atoms with Crippen molar-refractivity contribution in [1.29, 1.82) is 0 Å². The molecular formula is C19H32O4. The molecule has 0 aromatic carbocycles. The van der Waals surface area contributed by atoms with Gasteiger partial charge < -0.3 is 14.6 Å². The molecule has 0 aromatic heterocycles. The summed E-state index contributed by atoms with van der Waals surface area (Å²) in [6.45, 7) is 2.12. The maximum atomic E-state index is 10.9. The van der Waals surface area contributed by atoms with E-state index in [-0.39, 0.29) is 18.2 Å². The fraction of sp³-hybridized carbons (Fsp3) is 0.737. The highest BCUT2D eigenvalue weighted by atomic mass is 16.6. The van der Waals surface area contributed by atoms with E-state index in [9.17, 15) is 9.90 Å². The minimum absolute atomic E-state index is 0.128. The summed E-state index contributed by atoms with van der Waals surface area (Å²) in [5.41, 5.74) is 0. The number of esters is 1. The lowest BCUT2D eigenvalue weighted by Gasteiger charge is -2.05. The SMILES string of the molecule is CC/C=C\C[C@@H]1O[C@@H]1/C=C/[C@@H](O)CCCCCCCC(=O)OC. The van der Waals surface area contributed by atoms with Crippen molar-refractivity contribution in [3.8, 4) is 0 Å². The van der Waals surface area contributed by atoms with Crippen LogP contribution in [0, 0.1) is 0 Å². The molecule has 1 N–H and O–H groups in total. The molecule has 0 aliphatic carbocycles. The third kappa shape index (κ3) is 10.3. The van der Waals surface area contributed by atoms with Gasteiger partial charge in [-0.2, -0.15) is 0 Å². The highest BCUT2D eigenvalue weighted by molar-refractivity contribution is 5.68. The van der Waals surface area contributed by atoms with Gasteiger partial charge in [0, 0.05) is 6.42 Å². The fourth-order valence-electron chi connectivity index (χ4n) is 2.50. The Balaban J connectivity index is 1.94. The monoisotopic (exact) mass is 324 g/mol. The molecule has 0 unspecified atom stereocenters. The van der Waals surface area contributed by atoms with E-state index in [0.29, 0.717) is 12.5 Å². The van der Waals surface area contributed by atoms with Gasteiger partial charge >= 0.3 is 5.97 Å². The standard InChI is InChI=1S/C19H32O4/c1-3-4-8-12-17-18(23-17)15-14-16(20)11-9-6-5-7-10-13-19(21)22-2/h4,8,14-18,20H,3,5-7,9-13H2,1-2H3/b8-4-,15-14+/t16-,17-,18+/m0/s1. The zero-order valence-corrected chi connectivity index (χ0v) is 14.6. The van der Waals surface area contributed by atoms with Gasteiger partial charge in [-0.05, 0) is 25.7 Å². The molecule has 0 amide bonds. The Bertz CT molecular complexity index is 376. The van der Waals surface area contributed by atoms with Gasteiger partial charge in [-0.1, -0.05) is 56.9 Å². The van der Waals surface area contributed by atoms with Crippen molar-refractivity contribution < 1.29 is 19.4 Å². The van der Waals surface area contributed by atoms with Gasteiger partial charge in [0.15, 0.2) is 0 Å². The highest BCUT2D eigenvalue weighted by Crippen LogP contribution is 2.27. The molecule has 4 nitrogen and oxygen atoms in total. The lowest BCUT2D eigenvalue weighted by molar-refractivity contribution is -0.140. The highest BCUT2D eigenvalue weighted by Gasteiger charge is 2.34. The summed E-state index contributed by atoms with van der Waals surface area (Å²) in [5.74, 6) is -0.128. The molecule has 1 aliphatic rings.